The Hall–Kier alpha value is -0.870. The molecule has 1 atom stereocenters. The summed E-state index contributed by atoms with van der Waals surface area (Å²) in [7, 11) is 0. The van der Waals surface area contributed by atoms with Gasteiger partial charge in [-0.15, -0.1) is 0 Å². The monoisotopic (exact) mass is 213 g/mol. The molecule has 0 aromatic carbocycles. The highest BCUT2D eigenvalue weighted by molar-refractivity contribution is 5.80. The van der Waals surface area contributed by atoms with Crippen molar-refractivity contribution in [3.63, 3.8) is 0 Å². The Labute approximate surface area is 90.6 Å². The topological polar surface area (TPSA) is 47.6 Å². The Morgan fingerprint density at radius 1 is 1.67 bits per heavy atom. The number of hydrogen-bond acceptors (Lipinski definition) is 3. The third-order valence-electron chi connectivity index (χ3n) is 2.12. The number of carbonyl (C=O) groups is 1. The maximum atomic E-state index is 11.4. The summed E-state index contributed by atoms with van der Waals surface area (Å²) >= 11 is 0. The van der Waals surface area contributed by atoms with Crippen molar-refractivity contribution in [2.24, 2.45) is 0 Å². The van der Waals surface area contributed by atoms with Gasteiger partial charge in [-0.05, 0) is 19.8 Å². The number of ether oxygens (including phenoxy) is 2. The van der Waals surface area contributed by atoms with Crippen molar-refractivity contribution < 1.29 is 14.3 Å². The van der Waals surface area contributed by atoms with Crippen LogP contribution in [0.4, 0.5) is 0 Å². The molecule has 0 spiro atoms. The number of amides is 1. The van der Waals surface area contributed by atoms with Gasteiger partial charge in [-0.2, -0.15) is 0 Å². The first-order valence-corrected chi connectivity index (χ1v) is 5.31. The fraction of sp³-hybridized carbons (Fsp3) is 0.727. The molecule has 15 heavy (non-hydrogen) atoms. The third kappa shape index (κ3) is 4.95. The minimum absolute atomic E-state index is 0.0218. The molecule has 1 fully saturated rings. The van der Waals surface area contributed by atoms with E-state index in [0.29, 0.717) is 26.4 Å². The average Bonchev–Trinajstić information content (AvgIpc) is 2.69. The van der Waals surface area contributed by atoms with Gasteiger partial charge in [0, 0.05) is 13.2 Å². The quantitative estimate of drug-likeness (QED) is 0.526. The van der Waals surface area contributed by atoms with Gasteiger partial charge < -0.3 is 14.8 Å². The van der Waals surface area contributed by atoms with Crippen LogP contribution in [0.2, 0.25) is 0 Å². The highest BCUT2D eigenvalue weighted by Crippen LogP contribution is 2.11. The van der Waals surface area contributed by atoms with Crippen LogP contribution in [0.25, 0.3) is 0 Å². The van der Waals surface area contributed by atoms with E-state index in [1.165, 1.54) is 0 Å². The van der Waals surface area contributed by atoms with Crippen molar-refractivity contribution >= 4 is 5.91 Å². The second kappa shape index (κ2) is 6.58. The summed E-state index contributed by atoms with van der Waals surface area (Å²) in [4.78, 5) is 11.4. The van der Waals surface area contributed by atoms with Gasteiger partial charge in [-0.25, -0.2) is 0 Å². The van der Waals surface area contributed by atoms with Gasteiger partial charge in [0.2, 0.25) is 5.91 Å². The molecule has 1 amide bonds. The van der Waals surface area contributed by atoms with Crippen LogP contribution >= 0.6 is 0 Å². The second-order valence-electron chi connectivity index (χ2n) is 3.80. The van der Waals surface area contributed by atoms with Crippen LogP contribution in [0.3, 0.4) is 0 Å². The zero-order valence-corrected chi connectivity index (χ0v) is 9.25. The Balaban J connectivity index is 1.99. The number of hydrogen-bond donors (Lipinski definition) is 1. The average molecular weight is 213 g/mol. The fourth-order valence-corrected chi connectivity index (χ4v) is 1.39. The highest BCUT2D eigenvalue weighted by atomic mass is 16.5. The molecule has 1 N–H and O–H groups in total. The van der Waals surface area contributed by atoms with Crippen molar-refractivity contribution in [3.05, 3.63) is 12.2 Å². The first-order valence-electron chi connectivity index (χ1n) is 5.31. The fourth-order valence-electron chi connectivity index (χ4n) is 1.39. The summed E-state index contributed by atoms with van der Waals surface area (Å²) in [6.07, 6.45) is 1.56. The molecular formula is C11H19NO3. The molecule has 0 bridgehead atoms. The van der Waals surface area contributed by atoms with Gasteiger partial charge in [0.25, 0.3) is 0 Å². The van der Waals surface area contributed by atoms with E-state index in [4.69, 9.17) is 9.47 Å². The number of rotatable bonds is 6. The van der Waals surface area contributed by atoms with E-state index >= 15 is 0 Å². The van der Waals surface area contributed by atoms with E-state index in [1.807, 2.05) is 6.92 Å². The van der Waals surface area contributed by atoms with Crippen LogP contribution in [-0.4, -0.2) is 38.4 Å². The molecule has 0 saturated carbocycles. The second-order valence-corrected chi connectivity index (χ2v) is 3.80. The van der Waals surface area contributed by atoms with Gasteiger partial charge >= 0.3 is 0 Å². The molecule has 1 heterocycles. The maximum absolute atomic E-state index is 11.4. The van der Waals surface area contributed by atoms with Gasteiger partial charge in [0.1, 0.15) is 6.10 Å². The molecule has 1 rings (SSSR count). The van der Waals surface area contributed by atoms with Crippen LogP contribution in [0.5, 0.6) is 0 Å². The molecule has 1 saturated heterocycles. The lowest BCUT2D eigenvalue weighted by molar-refractivity contribution is -0.130. The normalized spacial score (nSPS) is 20.2. The van der Waals surface area contributed by atoms with Crippen LogP contribution < -0.4 is 5.32 Å². The molecule has 0 aliphatic carbocycles. The van der Waals surface area contributed by atoms with Crippen molar-refractivity contribution in [1.29, 1.82) is 0 Å². The molecule has 1 aliphatic heterocycles. The zero-order chi connectivity index (χ0) is 11.1. The largest absolute Gasteiger partial charge is 0.375 e. The summed E-state index contributed by atoms with van der Waals surface area (Å²) < 4.78 is 10.5. The predicted octanol–water partition coefficient (Wildman–Crippen LogP) is 0.874. The first-order chi connectivity index (χ1) is 7.20. The Bertz CT molecular complexity index is 222. The number of nitrogens with one attached hydrogen (secondary N) is 1. The van der Waals surface area contributed by atoms with E-state index in [0.717, 1.165) is 18.4 Å². The molecule has 86 valence electrons. The minimum Gasteiger partial charge on any atom is -0.375 e. The summed E-state index contributed by atoms with van der Waals surface area (Å²) in [5.41, 5.74) is 0.987. The molecule has 1 aliphatic rings. The van der Waals surface area contributed by atoms with E-state index in [9.17, 15) is 4.79 Å². The van der Waals surface area contributed by atoms with Crippen molar-refractivity contribution in [1.82, 2.24) is 5.32 Å². The van der Waals surface area contributed by atoms with Gasteiger partial charge in [0.15, 0.2) is 0 Å². The lowest BCUT2D eigenvalue weighted by Crippen LogP contribution is -2.36. The SMILES string of the molecule is C=C(C)COCCNC(=O)[C@@H]1CCCO1. The Kier molecular flexibility index (Phi) is 5.36. The van der Waals surface area contributed by atoms with Crippen LogP contribution in [0.15, 0.2) is 12.2 Å². The van der Waals surface area contributed by atoms with Gasteiger partial charge in [-0.1, -0.05) is 12.2 Å². The van der Waals surface area contributed by atoms with Gasteiger partial charge in [-0.3, -0.25) is 4.79 Å². The highest BCUT2D eigenvalue weighted by Gasteiger charge is 2.22. The van der Waals surface area contributed by atoms with Crippen molar-refractivity contribution in [2.75, 3.05) is 26.4 Å². The summed E-state index contributed by atoms with van der Waals surface area (Å²) in [6.45, 7) is 7.93. The van der Waals surface area contributed by atoms with Crippen molar-refractivity contribution in [3.8, 4) is 0 Å². The lowest BCUT2D eigenvalue weighted by atomic mass is 10.2. The van der Waals surface area contributed by atoms with Crippen LogP contribution in [0, 0.1) is 0 Å². The molecule has 0 aromatic heterocycles. The van der Waals surface area contributed by atoms with E-state index in [-0.39, 0.29) is 12.0 Å². The van der Waals surface area contributed by atoms with E-state index in [1.54, 1.807) is 0 Å². The molecule has 0 aromatic rings. The molecular weight excluding hydrogens is 194 g/mol. The summed E-state index contributed by atoms with van der Waals surface area (Å²) in [5.74, 6) is -0.0218. The van der Waals surface area contributed by atoms with Crippen LogP contribution in [0.1, 0.15) is 19.8 Å². The lowest BCUT2D eigenvalue weighted by Gasteiger charge is -2.10. The van der Waals surface area contributed by atoms with E-state index < -0.39 is 0 Å². The summed E-state index contributed by atoms with van der Waals surface area (Å²) in [5, 5.41) is 2.78. The molecule has 0 unspecified atom stereocenters. The molecule has 0 radical (unpaired) electrons. The minimum atomic E-state index is -0.244. The molecule has 4 nitrogen and oxygen atoms in total. The summed E-state index contributed by atoms with van der Waals surface area (Å²) in [6, 6.07) is 0. The third-order valence-corrected chi connectivity index (χ3v) is 2.12. The Morgan fingerprint density at radius 3 is 3.07 bits per heavy atom. The first kappa shape index (κ1) is 12.2. The van der Waals surface area contributed by atoms with Crippen molar-refractivity contribution in [2.45, 2.75) is 25.9 Å². The smallest absolute Gasteiger partial charge is 0.249 e. The Morgan fingerprint density at radius 2 is 2.47 bits per heavy atom. The van der Waals surface area contributed by atoms with E-state index in [2.05, 4.69) is 11.9 Å². The standard InChI is InChI=1S/C11H19NO3/c1-9(2)8-14-7-5-12-11(13)10-4-3-6-15-10/h10H,1,3-8H2,2H3,(H,12,13)/t10-/m0/s1. The predicted molar refractivity (Wildman–Crippen MR) is 57.6 cm³/mol. The van der Waals surface area contributed by atoms with Crippen LogP contribution in [-0.2, 0) is 14.3 Å². The maximum Gasteiger partial charge on any atom is 0.249 e. The number of carbonyl (C=O) groups excluding carboxylic acids is 1. The zero-order valence-electron chi connectivity index (χ0n) is 9.25. The molecule has 4 heteroatoms. The van der Waals surface area contributed by atoms with Gasteiger partial charge in [0.05, 0.1) is 13.2 Å².